The largest absolute Gasteiger partial charge is 0.334 e. The molecule has 0 atom stereocenters. The van der Waals surface area contributed by atoms with E-state index in [2.05, 4.69) is 10.3 Å². The lowest BCUT2D eigenvalue weighted by atomic mass is 9.82. The van der Waals surface area contributed by atoms with E-state index >= 15 is 0 Å². The molecule has 156 valence electrons. The molecule has 1 saturated heterocycles. The highest BCUT2D eigenvalue weighted by Gasteiger charge is 2.52. The van der Waals surface area contributed by atoms with Gasteiger partial charge in [-0.2, -0.15) is 0 Å². The van der Waals surface area contributed by atoms with Crippen LogP contribution in [0, 0.1) is 5.41 Å². The topological polar surface area (TPSA) is 69.1 Å². The first-order valence-corrected chi connectivity index (χ1v) is 10.5. The third-order valence-corrected chi connectivity index (χ3v) is 5.82. The van der Waals surface area contributed by atoms with Gasteiger partial charge in [0.15, 0.2) is 11.5 Å². The number of hydrogen-bond acceptors (Lipinski definition) is 3. The fraction of sp³-hybridized carbons (Fsp3) is 0.0741. The quantitative estimate of drug-likeness (QED) is 0.499. The molecule has 0 radical (unpaired) electrons. The molecule has 1 aromatic heterocycles. The fourth-order valence-electron chi connectivity index (χ4n) is 4.25. The van der Waals surface area contributed by atoms with Gasteiger partial charge in [-0.25, -0.2) is 0 Å². The normalized spacial score (nSPS) is 14.9. The Labute approximate surface area is 186 Å². The Morgan fingerprint density at radius 1 is 0.812 bits per heavy atom. The van der Waals surface area contributed by atoms with Gasteiger partial charge >= 0.3 is 0 Å². The standard InChI is InChI=1S/C27H22N4O/c28-26-30-27(23-12-3-1-4-13-23,24-14-5-2-6-15-24)25(32)31(26)19-20-9-7-10-21(17-20)22-11-8-16-29-18-22/h1-18H,19H2,(H2,28,30). The summed E-state index contributed by atoms with van der Waals surface area (Å²) in [7, 11) is 0. The minimum absolute atomic E-state index is 0.0921. The molecule has 2 heterocycles. The Balaban J connectivity index is 1.52. The number of pyridine rings is 1. The van der Waals surface area contributed by atoms with E-state index in [9.17, 15) is 4.79 Å². The van der Waals surface area contributed by atoms with Crippen LogP contribution in [0.1, 0.15) is 16.7 Å². The Hall–Kier alpha value is -4.25. The molecule has 0 spiro atoms. The van der Waals surface area contributed by atoms with Crippen molar-refractivity contribution < 1.29 is 4.79 Å². The number of nitrogens with one attached hydrogen (secondary N) is 2. The number of nitrogens with zero attached hydrogens (tertiary/aromatic N) is 2. The van der Waals surface area contributed by atoms with E-state index in [1.807, 2.05) is 103 Å². The van der Waals surface area contributed by atoms with Crippen molar-refractivity contribution in [1.82, 2.24) is 15.2 Å². The molecule has 1 aliphatic rings. The summed E-state index contributed by atoms with van der Waals surface area (Å²) in [6.07, 6.45) is 3.57. The first-order chi connectivity index (χ1) is 15.7. The highest BCUT2D eigenvalue weighted by molar-refractivity contribution is 6.10. The Bertz CT molecular complexity index is 1220. The first kappa shape index (κ1) is 19.7. The summed E-state index contributed by atoms with van der Waals surface area (Å²) in [6.45, 7) is 0.306. The van der Waals surface area contributed by atoms with E-state index in [4.69, 9.17) is 5.41 Å². The van der Waals surface area contributed by atoms with Crippen molar-refractivity contribution in [2.75, 3.05) is 0 Å². The van der Waals surface area contributed by atoms with Crippen LogP contribution in [0.25, 0.3) is 11.1 Å². The summed E-state index contributed by atoms with van der Waals surface area (Å²) >= 11 is 0. The lowest BCUT2D eigenvalue weighted by Gasteiger charge is -2.28. The molecule has 0 unspecified atom stereocenters. The molecule has 1 amide bonds. The number of amides is 1. The van der Waals surface area contributed by atoms with Crippen molar-refractivity contribution in [1.29, 1.82) is 5.41 Å². The summed E-state index contributed by atoms with van der Waals surface area (Å²) in [5, 5.41) is 11.9. The molecule has 32 heavy (non-hydrogen) atoms. The van der Waals surface area contributed by atoms with Crippen LogP contribution in [0.5, 0.6) is 0 Å². The van der Waals surface area contributed by atoms with Gasteiger partial charge in [-0.3, -0.25) is 20.1 Å². The maximum atomic E-state index is 13.9. The molecular weight excluding hydrogens is 396 g/mol. The van der Waals surface area contributed by atoms with Crippen LogP contribution in [-0.2, 0) is 16.9 Å². The van der Waals surface area contributed by atoms with Gasteiger partial charge in [-0.1, -0.05) is 84.9 Å². The van der Waals surface area contributed by atoms with Gasteiger partial charge in [-0.15, -0.1) is 0 Å². The van der Waals surface area contributed by atoms with Crippen LogP contribution in [0.3, 0.4) is 0 Å². The van der Waals surface area contributed by atoms with Crippen molar-refractivity contribution in [3.05, 3.63) is 126 Å². The number of guanidine groups is 1. The van der Waals surface area contributed by atoms with Crippen molar-refractivity contribution in [3.8, 4) is 11.1 Å². The maximum absolute atomic E-state index is 13.9. The second kappa shape index (κ2) is 8.12. The summed E-state index contributed by atoms with van der Waals surface area (Å²) in [5.41, 5.74) is 3.49. The minimum atomic E-state index is -1.12. The highest BCUT2D eigenvalue weighted by atomic mass is 16.2. The second-order valence-electron chi connectivity index (χ2n) is 7.79. The first-order valence-electron chi connectivity index (χ1n) is 10.5. The Morgan fingerprint density at radius 2 is 1.47 bits per heavy atom. The molecule has 0 saturated carbocycles. The highest BCUT2D eigenvalue weighted by Crippen LogP contribution is 2.36. The molecule has 5 nitrogen and oxygen atoms in total. The average molecular weight is 419 g/mol. The van der Waals surface area contributed by atoms with Gasteiger partial charge in [-0.05, 0) is 39.9 Å². The molecule has 1 fully saturated rings. The van der Waals surface area contributed by atoms with E-state index in [0.29, 0.717) is 6.54 Å². The van der Waals surface area contributed by atoms with Crippen molar-refractivity contribution >= 4 is 11.9 Å². The Morgan fingerprint density at radius 3 is 2.09 bits per heavy atom. The van der Waals surface area contributed by atoms with Crippen molar-refractivity contribution in [2.24, 2.45) is 0 Å². The van der Waals surface area contributed by atoms with Gasteiger partial charge in [0.25, 0.3) is 5.91 Å². The number of hydrogen-bond donors (Lipinski definition) is 2. The number of rotatable bonds is 5. The number of benzene rings is 3. The molecule has 0 aliphatic carbocycles. The third kappa shape index (κ3) is 3.34. The van der Waals surface area contributed by atoms with Crippen LogP contribution in [0.4, 0.5) is 0 Å². The monoisotopic (exact) mass is 418 g/mol. The zero-order valence-corrected chi connectivity index (χ0v) is 17.4. The molecule has 3 aromatic carbocycles. The smallest absolute Gasteiger partial charge is 0.264 e. The summed E-state index contributed by atoms with van der Waals surface area (Å²) < 4.78 is 0. The average Bonchev–Trinajstić information content (AvgIpc) is 3.11. The van der Waals surface area contributed by atoms with Crippen LogP contribution >= 0.6 is 0 Å². The van der Waals surface area contributed by atoms with Gasteiger partial charge in [0.2, 0.25) is 0 Å². The molecule has 2 N–H and O–H groups in total. The van der Waals surface area contributed by atoms with Gasteiger partial charge in [0, 0.05) is 12.4 Å². The van der Waals surface area contributed by atoms with E-state index in [0.717, 1.165) is 27.8 Å². The zero-order chi connectivity index (χ0) is 22.0. The number of carbonyl (C=O) groups is 1. The maximum Gasteiger partial charge on any atom is 0.264 e. The molecule has 5 heteroatoms. The summed E-state index contributed by atoms with van der Waals surface area (Å²) in [6, 6.07) is 31.1. The van der Waals surface area contributed by atoms with Crippen LogP contribution in [-0.4, -0.2) is 21.8 Å². The van der Waals surface area contributed by atoms with Crippen molar-refractivity contribution in [3.63, 3.8) is 0 Å². The predicted octanol–water partition coefficient (Wildman–Crippen LogP) is 4.56. The van der Waals surface area contributed by atoms with Crippen molar-refractivity contribution in [2.45, 2.75) is 12.1 Å². The molecule has 1 aliphatic heterocycles. The van der Waals surface area contributed by atoms with Gasteiger partial charge in [0.05, 0.1) is 6.54 Å². The second-order valence-corrected chi connectivity index (χ2v) is 7.79. The van der Waals surface area contributed by atoms with Crippen LogP contribution in [0.15, 0.2) is 109 Å². The lowest BCUT2D eigenvalue weighted by molar-refractivity contribution is -0.130. The molecule has 4 aromatic rings. The van der Waals surface area contributed by atoms with E-state index in [1.54, 1.807) is 6.20 Å². The predicted molar refractivity (Wildman–Crippen MR) is 125 cm³/mol. The van der Waals surface area contributed by atoms with Gasteiger partial charge < -0.3 is 5.32 Å². The number of aromatic nitrogens is 1. The number of carbonyl (C=O) groups excluding carboxylic acids is 1. The SMILES string of the molecule is N=C1NC(c2ccccc2)(c2ccccc2)C(=O)N1Cc1cccc(-c2cccnc2)c1. The fourth-order valence-corrected chi connectivity index (χ4v) is 4.25. The van der Waals surface area contributed by atoms with Gasteiger partial charge in [0.1, 0.15) is 0 Å². The Kier molecular flexibility index (Phi) is 5.00. The molecule has 0 bridgehead atoms. The van der Waals surface area contributed by atoms with E-state index in [-0.39, 0.29) is 11.9 Å². The summed E-state index contributed by atoms with van der Waals surface area (Å²) in [5.74, 6) is -0.0684. The lowest BCUT2D eigenvalue weighted by Crippen LogP contribution is -2.45. The van der Waals surface area contributed by atoms with Crippen LogP contribution < -0.4 is 5.32 Å². The molecular formula is C27H22N4O. The summed E-state index contributed by atoms with van der Waals surface area (Å²) in [4.78, 5) is 19.6. The van der Waals surface area contributed by atoms with Crippen LogP contribution in [0.2, 0.25) is 0 Å². The minimum Gasteiger partial charge on any atom is -0.334 e. The van der Waals surface area contributed by atoms with E-state index in [1.165, 1.54) is 4.90 Å². The molecule has 5 rings (SSSR count). The van der Waals surface area contributed by atoms with E-state index < -0.39 is 5.54 Å². The zero-order valence-electron chi connectivity index (χ0n) is 17.4. The third-order valence-electron chi connectivity index (χ3n) is 5.82.